The van der Waals surface area contributed by atoms with Crippen LogP contribution in [0, 0.1) is 0 Å². The third kappa shape index (κ3) is 7.07. The summed E-state index contributed by atoms with van der Waals surface area (Å²) >= 11 is 3.46. The van der Waals surface area contributed by atoms with Crippen LogP contribution in [0.4, 0.5) is 0 Å². The van der Waals surface area contributed by atoms with Crippen LogP contribution in [-0.2, 0) is 0 Å². The molecule has 0 aliphatic heterocycles. The van der Waals surface area contributed by atoms with Crippen molar-refractivity contribution in [2.45, 2.75) is 25.8 Å². The maximum Gasteiger partial charge on any atom is 0.0101 e. The number of nitrogens with zero attached hydrogens (tertiary/aromatic N) is 1. The number of hydrogen-bond donors (Lipinski definition) is 1. The fraction of sp³-hybridized carbons (Fsp3) is 1.00. The molecule has 0 saturated carbocycles. The van der Waals surface area contributed by atoms with Gasteiger partial charge in [-0.2, -0.15) is 0 Å². The first-order valence-corrected chi connectivity index (χ1v) is 5.77. The van der Waals surface area contributed by atoms with Gasteiger partial charge in [0.25, 0.3) is 0 Å². The minimum absolute atomic E-state index is 0.685. The Hall–Kier alpha value is 0.400. The number of halogens is 1. The molecule has 1 N–H and O–H groups in total. The highest BCUT2D eigenvalue weighted by molar-refractivity contribution is 9.09. The van der Waals surface area contributed by atoms with Crippen molar-refractivity contribution in [1.29, 1.82) is 0 Å². The van der Waals surface area contributed by atoms with Gasteiger partial charge in [0, 0.05) is 24.5 Å². The van der Waals surface area contributed by atoms with Crippen LogP contribution >= 0.6 is 15.9 Å². The van der Waals surface area contributed by atoms with E-state index in [1.807, 2.05) is 0 Å². The summed E-state index contributed by atoms with van der Waals surface area (Å²) in [6.45, 7) is 4.45. The highest BCUT2D eigenvalue weighted by Gasteiger charge is 2.02. The quantitative estimate of drug-likeness (QED) is 0.678. The Morgan fingerprint density at radius 1 is 1.42 bits per heavy atom. The maximum absolute atomic E-state index is 3.53. The molecule has 0 aromatic heterocycles. The highest BCUT2D eigenvalue weighted by Crippen LogP contribution is 1.99. The van der Waals surface area contributed by atoms with Crippen molar-refractivity contribution in [2.24, 2.45) is 0 Å². The van der Waals surface area contributed by atoms with Crippen molar-refractivity contribution in [3.8, 4) is 0 Å². The van der Waals surface area contributed by atoms with Crippen molar-refractivity contribution < 1.29 is 0 Å². The van der Waals surface area contributed by atoms with E-state index < -0.39 is 0 Å². The Bertz CT molecular complexity index is 96.5. The first-order valence-electron chi connectivity index (χ1n) is 4.64. The lowest BCUT2D eigenvalue weighted by Gasteiger charge is -2.17. The highest BCUT2D eigenvalue weighted by atomic mass is 79.9. The predicted octanol–water partition coefficient (Wildman–Crippen LogP) is 1.70. The van der Waals surface area contributed by atoms with Crippen LogP contribution < -0.4 is 5.32 Å². The van der Waals surface area contributed by atoms with Crippen LogP contribution in [-0.4, -0.2) is 43.5 Å². The zero-order valence-electron chi connectivity index (χ0n) is 8.44. The number of nitrogens with one attached hydrogen (secondary N) is 1. The van der Waals surface area contributed by atoms with Gasteiger partial charge in [0.1, 0.15) is 0 Å². The Kier molecular flexibility index (Phi) is 8.29. The standard InChI is InChI=1S/C9H21BrN2/c1-4-9(5-6-10)11-7-8-12(2)3/h9,11H,4-8H2,1-3H3. The lowest BCUT2D eigenvalue weighted by Crippen LogP contribution is -2.34. The van der Waals surface area contributed by atoms with Crippen LogP contribution in [0.1, 0.15) is 19.8 Å². The van der Waals surface area contributed by atoms with Gasteiger partial charge in [0.05, 0.1) is 0 Å². The monoisotopic (exact) mass is 236 g/mol. The van der Waals surface area contributed by atoms with E-state index in [2.05, 4.69) is 47.2 Å². The molecule has 1 unspecified atom stereocenters. The Labute approximate surface area is 84.8 Å². The molecule has 1 atom stereocenters. The smallest absolute Gasteiger partial charge is 0.0101 e. The molecule has 0 aromatic carbocycles. The van der Waals surface area contributed by atoms with Gasteiger partial charge in [-0.25, -0.2) is 0 Å². The molecule has 0 fully saturated rings. The Morgan fingerprint density at radius 2 is 2.08 bits per heavy atom. The van der Waals surface area contributed by atoms with Crippen molar-refractivity contribution in [2.75, 3.05) is 32.5 Å². The topological polar surface area (TPSA) is 15.3 Å². The minimum atomic E-state index is 0.685. The van der Waals surface area contributed by atoms with Crippen LogP contribution in [0.5, 0.6) is 0 Å². The maximum atomic E-state index is 3.53. The van der Waals surface area contributed by atoms with Gasteiger partial charge in [-0.15, -0.1) is 0 Å². The van der Waals surface area contributed by atoms with Gasteiger partial charge in [-0.1, -0.05) is 22.9 Å². The summed E-state index contributed by atoms with van der Waals surface area (Å²) in [6.07, 6.45) is 2.45. The lowest BCUT2D eigenvalue weighted by molar-refractivity contribution is 0.377. The summed E-state index contributed by atoms with van der Waals surface area (Å²) in [4.78, 5) is 2.20. The number of alkyl halides is 1. The van der Waals surface area contributed by atoms with E-state index in [-0.39, 0.29) is 0 Å². The fourth-order valence-corrected chi connectivity index (χ4v) is 1.63. The molecule has 0 rings (SSSR count). The summed E-state index contributed by atoms with van der Waals surface area (Å²) in [6, 6.07) is 0.685. The Morgan fingerprint density at radius 3 is 2.50 bits per heavy atom. The summed E-state index contributed by atoms with van der Waals surface area (Å²) in [5.74, 6) is 0. The largest absolute Gasteiger partial charge is 0.313 e. The summed E-state index contributed by atoms with van der Waals surface area (Å²) < 4.78 is 0. The molecule has 2 nitrogen and oxygen atoms in total. The van der Waals surface area contributed by atoms with Gasteiger partial charge >= 0.3 is 0 Å². The lowest BCUT2D eigenvalue weighted by atomic mass is 10.2. The molecule has 0 saturated heterocycles. The first-order chi connectivity index (χ1) is 5.70. The third-order valence-electron chi connectivity index (χ3n) is 1.94. The second kappa shape index (κ2) is 8.02. The van der Waals surface area contributed by atoms with Gasteiger partial charge in [-0.3, -0.25) is 0 Å². The SMILES string of the molecule is CCC(CCBr)NCCN(C)C. The van der Waals surface area contributed by atoms with Crippen molar-refractivity contribution in [3.63, 3.8) is 0 Å². The van der Waals surface area contributed by atoms with E-state index >= 15 is 0 Å². The van der Waals surface area contributed by atoms with E-state index in [1.54, 1.807) is 0 Å². The molecule has 0 spiro atoms. The summed E-state index contributed by atoms with van der Waals surface area (Å²) in [7, 11) is 4.21. The molecule has 0 amide bonds. The fourth-order valence-electron chi connectivity index (χ4n) is 1.07. The minimum Gasteiger partial charge on any atom is -0.313 e. The van der Waals surface area contributed by atoms with Gasteiger partial charge in [-0.05, 0) is 26.9 Å². The number of hydrogen-bond acceptors (Lipinski definition) is 2. The molecule has 3 heteroatoms. The zero-order chi connectivity index (χ0) is 9.40. The average Bonchev–Trinajstić information content (AvgIpc) is 2.02. The number of likely N-dealkylation sites (N-methyl/N-ethyl adjacent to an activating group) is 1. The second-order valence-corrected chi connectivity index (χ2v) is 4.13. The van der Waals surface area contributed by atoms with E-state index in [0.717, 1.165) is 18.4 Å². The van der Waals surface area contributed by atoms with E-state index in [4.69, 9.17) is 0 Å². The predicted molar refractivity (Wildman–Crippen MR) is 59.0 cm³/mol. The molecule has 0 aliphatic carbocycles. The zero-order valence-corrected chi connectivity index (χ0v) is 10.0. The van der Waals surface area contributed by atoms with Gasteiger partial charge < -0.3 is 10.2 Å². The normalized spacial score (nSPS) is 13.8. The molecular formula is C9H21BrN2. The van der Waals surface area contributed by atoms with Crippen molar-refractivity contribution >= 4 is 15.9 Å². The third-order valence-corrected chi connectivity index (χ3v) is 2.40. The molecule has 0 radical (unpaired) electrons. The second-order valence-electron chi connectivity index (χ2n) is 3.34. The van der Waals surface area contributed by atoms with Crippen LogP contribution in [0.3, 0.4) is 0 Å². The molecular weight excluding hydrogens is 216 g/mol. The molecule has 12 heavy (non-hydrogen) atoms. The van der Waals surface area contributed by atoms with Crippen molar-refractivity contribution in [3.05, 3.63) is 0 Å². The van der Waals surface area contributed by atoms with E-state index in [9.17, 15) is 0 Å². The number of rotatable bonds is 7. The first kappa shape index (κ1) is 12.4. The molecule has 74 valence electrons. The van der Waals surface area contributed by atoms with E-state index in [1.165, 1.54) is 12.8 Å². The van der Waals surface area contributed by atoms with Crippen molar-refractivity contribution in [1.82, 2.24) is 10.2 Å². The molecule has 0 aliphatic rings. The molecule has 0 heterocycles. The van der Waals surface area contributed by atoms with Crippen LogP contribution in [0.2, 0.25) is 0 Å². The average molecular weight is 237 g/mol. The summed E-state index contributed by atoms with van der Waals surface area (Å²) in [5, 5.41) is 4.63. The van der Waals surface area contributed by atoms with Gasteiger partial charge in [0.15, 0.2) is 0 Å². The van der Waals surface area contributed by atoms with Crippen LogP contribution in [0.15, 0.2) is 0 Å². The molecule has 0 aromatic rings. The van der Waals surface area contributed by atoms with Gasteiger partial charge in [0.2, 0.25) is 0 Å². The Balaban J connectivity index is 3.31. The molecule has 0 bridgehead atoms. The van der Waals surface area contributed by atoms with E-state index in [0.29, 0.717) is 6.04 Å². The van der Waals surface area contributed by atoms with Crippen LogP contribution in [0.25, 0.3) is 0 Å². The summed E-state index contributed by atoms with van der Waals surface area (Å²) in [5.41, 5.74) is 0.